The van der Waals surface area contributed by atoms with E-state index in [0.717, 1.165) is 30.4 Å². The first-order valence-corrected chi connectivity index (χ1v) is 8.69. The molecule has 0 saturated heterocycles. The van der Waals surface area contributed by atoms with E-state index in [-0.39, 0.29) is 17.5 Å². The molecule has 1 aliphatic rings. The van der Waals surface area contributed by atoms with E-state index in [0.29, 0.717) is 5.92 Å². The van der Waals surface area contributed by atoms with Crippen molar-refractivity contribution in [2.45, 2.75) is 44.0 Å². The smallest absolute Gasteiger partial charge is 0.240 e. The highest BCUT2D eigenvalue weighted by molar-refractivity contribution is 7.89. The van der Waals surface area contributed by atoms with E-state index in [9.17, 15) is 8.42 Å². The maximum absolute atomic E-state index is 12.3. The average molecular weight is 307 g/mol. The summed E-state index contributed by atoms with van der Waals surface area (Å²) in [6.45, 7) is 3.72. The summed E-state index contributed by atoms with van der Waals surface area (Å²) < 4.78 is 27.4. The predicted molar refractivity (Wildman–Crippen MR) is 82.3 cm³/mol. The van der Waals surface area contributed by atoms with Crippen LogP contribution in [0.5, 0.6) is 0 Å². The van der Waals surface area contributed by atoms with Crippen molar-refractivity contribution in [2.24, 2.45) is 5.92 Å². The molecule has 0 aromatic heterocycles. The minimum Gasteiger partial charge on any atom is -0.384 e. The highest BCUT2D eigenvalue weighted by atomic mass is 32.2. The van der Waals surface area contributed by atoms with Crippen LogP contribution in [0.25, 0.3) is 0 Å². The summed E-state index contributed by atoms with van der Waals surface area (Å²) in [5, 5.41) is 8.70. The number of aliphatic hydroxyl groups excluding tert-OH is 1. The van der Waals surface area contributed by atoms with Crippen LogP contribution >= 0.6 is 0 Å². The molecule has 1 fully saturated rings. The molecule has 1 aliphatic carbocycles. The number of aryl methyl sites for hydroxylation is 1. The number of rotatable bonds is 5. The molecule has 5 heteroatoms. The predicted octanol–water partition coefficient (Wildman–Crippen LogP) is 1.81. The minimum atomic E-state index is -3.46. The molecule has 4 nitrogen and oxygen atoms in total. The number of sulfonamides is 1. The number of hydrogen-bond donors (Lipinski definition) is 2. The van der Waals surface area contributed by atoms with Gasteiger partial charge in [0.1, 0.15) is 6.61 Å². The maximum Gasteiger partial charge on any atom is 0.240 e. The summed E-state index contributed by atoms with van der Waals surface area (Å²) in [6, 6.07) is 4.96. The second-order valence-electron chi connectivity index (χ2n) is 5.45. The molecule has 1 saturated carbocycles. The molecule has 1 aromatic carbocycles. The Morgan fingerprint density at radius 1 is 1.43 bits per heavy atom. The highest BCUT2D eigenvalue weighted by Crippen LogP contribution is 2.35. The lowest BCUT2D eigenvalue weighted by Gasteiger charge is -2.08. The van der Waals surface area contributed by atoms with E-state index in [2.05, 4.69) is 23.5 Å². The number of hydrogen-bond acceptors (Lipinski definition) is 3. The molecule has 0 aliphatic heterocycles. The van der Waals surface area contributed by atoms with Gasteiger partial charge < -0.3 is 5.11 Å². The SMILES string of the molecule is CCCC1CC1NS(=O)(=O)c1ccc(C#CCO)c(C)c1. The van der Waals surface area contributed by atoms with Crippen molar-refractivity contribution in [3.63, 3.8) is 0 Å². The highest BCUT2D eigenvalue weighted by Gasteiger charge is 2.39. The molecule has 2 unspecified atom stereocenters. The van der Waals surface area contributed by atoms with E-state index in [1.54, 1.807) is 18.2 Å². The third kappa shape index (κ3) is 4.07. The Hall–Kier alpha value is -1.35. The summed E-state index contributed by atoms with van der Waals surface area (Å²) in [5.74, 6) is 5.86. The summed E-state index contributed by atoms with van der Waals surface area (Å²) in [4.78, 5) is 0.275. The topological polar surface area (TPSA) is 66.4 Å². The molecule has 114 valence electrons. The summed E-state index contributed by atoms with van der Waals surface area (Å²) in [6.07, 6.45) is 3.09. The molecule has 0 bridgehead atoms. The minimum absolute atomic E-state index is 0.0871. The Kier molecular flexibility index (Phi) is 5.04. The van der Waals surface area contributed by atoms with Crippen molar-refractivity contribution < 1.29 is 13.5 Å². The van der Waals surface area contributed by atoms with Gasteiger partial charge in [-0.25, -0.2) is 13.1 Å². The zero-order valence-electron chi connectivity index (χ0n) is 12.4. The fourth-order valence-electron chi connectivity index (χ4n) is 2.43. The maximum atomic E-state index is 12.3. The van der Waals surface area contributed by atoms with Gasteiger partial charge in [-0.2, -0.15) is 0 Å². The molecule has 2 N–H and O–H groups in total. The molecule has 0 heterocycles. The number of aliphatic hydroxyl groups is 1. The summed E-state index contributed by atoms with van der Waals surface area (Å²) in [5.41, 5.74) is 1.53. The standard InChI is InChI=1S/C16H21NO3S/c1-3-5-14-11-16(14)17-21(19,20)15-8-7-13(6-4-9-18)12(2)10-15/h7-8,10,14,16-18H,3,5,9,11H2,1-2H3. The van der Waals surface area contributed by atoms with E-state index in [1.165, 1.54) is 0 Å². The zero-order valence-corrected chi connectivity index (χ0v) is 13.2. The van der Waals surface area contributed by atoms with Crippen LogP contribution in [-0.2, 0) is 10.0 Å². The Balaban J connectivity index is 2.12. The van der Waals surface area contributed by atoms with Crippen molar-refractivity contribution in [1.29, 1.82) is 0 Å². The molecular weight excluding hydrogens is 286 g/mol. The van der Waals surface area contributed by atoms with Crippen molar-refractivity contribution in [1.82, 2.24) is 4.72 Å². The van der Waals surface area contributed by atoms with Crippen molar-refractivity contribution in [3.05, 3.63) is 29.3 Å². The monoisotopic (exact) mass is 307 g/mol. The van der Waals surface area contributed by atoms with Crippen LogP contribution < -0.4 is 4.72 Å². The van der Waals surface area contributed by atoms with Crippen molar-refractivity contribution in [2.75, 3.05) is 6.61 Å². The molecule has 21 heavy (non-hydrogen) atoms. The molecular formula is C16H21NO3S. The van der Waals surface area contributed by atoms with Gasteiger partial charge in [-0.15, -0.1) is 0 Å². The molecule has 0 spiro atoms. The van der Waals surface area contributed by atoms with Gasteiger partial charge in [0.2, 0.25) is 10.0 Å². The fourth-order valence-corrected chi connectivity index (χ4v) is 3.83. The van der Waals surface area contributed by atoms with Gasteiger partial charge in [-0.1, -0.05) is 25.2 Å². The molecule has 0 amide bonds. The van der Waals surface area contributed by atoms with Crippen LogP contribution in [0.3, 0.4) is 0 Å². The Bertz CT molecular complexity index is 670. The van der Waals surface area contributed by atoms with Gasteiger partial charge >= 0.3 is 0 Å². The van der Waals surface area contributed by atoms with E-state index < -0.39 is 10.0 Å². The van der Waals surface area contributed by atoms with Gasteiger partial charge in [-0.05, 0) is 49.4 Å². The lowest BCUT2D eigenvalue weighted by Crippen LogP contribution is -2.27. The van der Waals surface area contributed by atoms with Gasteiger partial charge in [0.05, 0.1) is 4.90 Å². The second-order valence-corrected chi connectivity index (χ2v) is 7.16. The number of benzene rings is 1. The molecule has 2 atom stereocenters. The van der Waals surface area contributed by atoms with Gasteiger partial charge in [0, 0.05) is 11.6 Å². The molecule has 1 aromatic rings. The van der Waals surface area contributed by atoms with Crippen LogP contribution in [0.15, 0.2) is 23.1 Å². The van der Waals surface area contributed by atoms with Crippen molar-refractivity contribution in [3.8, 4) is 11.8 Å². The van der Waals surface area contributed by atoms with Crippen LogP contribution in [0.2, 0.25) is 0 Å². The average Bonchev–Trinajstić information content (AvgIpc) is 3.14. The third-order valence-corrected chi connectivity index (χ3v) is 5.19. The fraction of sp³-hybridized carbons (Fsp3) is 0.500. The Morgan fingerprint density at radius 3 is 2.81 bits per heavy atom. The molecule has 2 rings (SSSR count). The third-order valence-electron chi connectivity index (χ3n) is 3.70. The Morgan fingerprint density at radius 2 is 2.19 bits per heavy atom. The van der Waals surface area contributed by atoms with E-state index in [1.807, 2.05) is 6.92 Å². The molecule has 0 radical (unpaired) electrons. The number of nitrogens with one attached hydrogen (secondary N) is 1. The normalized spacial score (nSPS) is 20.7. The largest absolute Gasteiger partial charge is 0.384 e. The van der Waals surface area contributed by atoms with E-state index in [4.69, 9.17) is 5.11 Å². The zero-order chi connectivity index (χ0) is 15.5. The first kappa shape index (κ1) is 16.0. The summed E-state index contributed by atoms with van der Waals surface area (Å²) >= 11 is 0. The van der Waals surface area contributed by atoms with Gasteiger partial charge in [-0.3, -0.25) is 0 Å². The lowest BCUT2D eigenvalue weighted by molar-refractivity contribution is 0.350. The summed E-state index contributed by atoms with van der Waals surface area (Å²) in [7, 11) is -3.46. The quantitative estimate of drug-likeness (QED) is 0.815. The Labute approximate surface area is 126 Å². The van der Waals surface area contributed by atoms with Crippen LogP contribution in [0.1, 0.15) is 37.3 Å². The van der Waals surface area contributed by atoms with Crippen LogP contribution in [-0.4, -0.2) is 26.2 Å². The van der Waals surface area contributed by atoms with Crippen LogP contribution in [0.4, 0.5) is 0 Å². The first-order valence-electron chi connectivity index (χ1n) is 7.20. The second kappa shape index (κ2) is 6.61. The van der Waals surface area contributed by atoms with Crippen molar-refractivity contribution >= 4 is 10.0 Å². The lowest BCUT2D eigenvalue weighted by atomic mass is 10.1. The first-order chi connectivity index (χ1) is 9.97. The van der Waals surface area contributed by atoms with Crippen LogP contribution in [0, 0.1) is 24.7 Å². The van der Waals surface area contributed by atoms with Gasteiger partial charge in [0.25, 0.3) is 0 Å². The van der Waals surface area contributed by atoms with Gasteiger partial charge in [0.15, 0.2) is 0 Å². The van der Waals surface area contributed by atoms with E-state index >= 15 is 0 Å².